The van der Waals surface area contributed by atoms with Crippen LogP contribution >= 0.6 is 0 Å². The summed E-state index contributed by atoms with van der Waals surface area (Å²) in [6.07, 6.45) is 6.70. The average Bonchev–Trinajstić information content (AvgIpc) is 2.71. The number of aromatic nitrogens is 2. The van der Waals surface area contributed by atoms with Gasteiger partial charge in [-0.2, -0.15) is 0 Å². The van der Waals surface area contributed by atoms with Gasteiger partial charge in [-0.1, -0.05) is 45.1 Å². The zero-order chi connectivity index (χ0) is 21.0. The van der Waals surface area contributed by atoms with Gasteiger partial charge in [0.15, 0.2) is 0 Å². The van der Waals surface area contributed by atoms with Crippen molar-refractivity contribution >= 4 is 6.08 Å². The molecule has 1 aromatic heterocycles. The molecule has 0 saturated carbocycles. The van der Waals surface area contributed by atoms with Crippen molar-refractivity contribution in [1.29, 1.82) is 0 Å². The SMILES string of the molecule is C=Cc1ccc(-c2nc(CCCC)cnc2-c2cc(F)c(CC)c(F)c2)cc1C. The second-order valence-electron chi connectivity index (χ2n) is 7.21. The molecule has 0 fully saturated rings. The minimum atomic E-state index is -0.552. The number of benzene rings is 2. The number of unbranched alkanes of at least 4 members (excludes halogenated alkanes) is 1. The summed E-state index contributed by atoms with van der Waals surface area (Å²) in [6, 6.07) is 8.65. The fourth-order valence-electron chi connectivity index (χ4n) is 3.45. The van der Waals surface area contributed by atoms with Gasteiger partial charge in [0.1, 0.15) is 11.6 Å². The average molecular weight is 392 g/mol. The second-order valence-corrected chi connectivity index (χ2v) is 7.21. The van der Waals surface area contributed by atoms with E-state index in [0.717, 1.165) is 41.6 Å². The van der Waals surface area contributed by atoms with Crippen LogP contribution in [-0.2, 0) is 12.8 Å². The van der Waals surface area contributed by atoms with Crippen molar-refractivity contribution in [1.82, 2.24) is 9.97 Å². The number of halogens is 2. The zero-order valence-electron chi connectivity index (χ0n) is 17.2. The summed E-state index contributed by atoms with van der Waals surface area (Å²) in [5.41, 5.74) is 5.45. The van der Waals surface area contributed by atoms with Crippen molar-refractivity contribution in [2.75, 3.05) is 0 Å². The van der Waals surface area contributed by atoms with Crippen LogP contribution in [0.2, 0.25) is 0 Å². The van der Waals surface area contributed by atoms with Crippen LogP contribution in [0.3, 0.4) is 0 Å². The Morgan fingerprint density at radius 2 is 1.72 bits per heavy atom. The van der Waals surface area contributed by atoms with E-state index in [2.05, 4.69) is 18.5 Å². The van der Waals surface area contributed by atoms with Gasteiger partial charge >= 0.3 is 0 Å². The Morgan fingerprint density at radius 1 is 1.00 bits per heavy atom. The molecule has 2 aromatic carbocycles. The molecular formula is C25H26F2N2. The highest BCUT2D eigenvalue weighted by Crippen LogP contribution is 2.32. The molecule has 0 aliphatic rings. The Hall–Kier alpha value is -2.88. The maximum atomic E-state index is 14.4. The van der Waals surface area contributed by atoms with Crippen molar-refractivity contribution in [2.45, 2.75) is 46.5 Å². The first-order valence-electron chi connectivity index (χ1n) is 10.1. The van der Waals surface area contributed by atoms with Gasteiger partial charge in [0.05, 0.1) is 17.1 Å². The Bertz CT molecular complexity index is 1020. The van der Waals surface area contributed by atoms with Crippen molar-refractivity contribution in [3.05, 3.63) is 77.1 Å². The molecule has 0 spiro atoms. The maximum Gasteiger partial charge on any atom is 0.129 e. The summed E-state index contributed by atoms with van der Waals surface area (Å²) in [7, 11) is 0. The van der Waals surface area contributed by atoms with Gasteiger partial charge in [-0.05, 0) is 55.5 Å². The first-order chi connectivity index (χ1) is 14.0. The van der Waals surface area contributed by atoms with E-state index in [-0.39, 0.29) is 5.56 Å². The standard InChI is InChI=1S/C25H26F2N2/c1-5-8-9-20-15-28-24(19-13-22(26)21(7-3)23(27)14-19)25(29-20)18-11-10-17(6-2)16(4)12-18/h6,10-15H,2,5,7-9H2,1,3-4H3. The molecule has 29 heavy (non-hydrogen) atoms. The van der Waals surface area contributed by atoms with Gasteiger partial charge in [-0.25, -0.2) is 13.8 Å². The van der Waals surface area contributed by atoms with E-state index in [9.17, 15) is 8.78 Å². The molecule has 0 saturated heterocycles. The minimum Gasteiger partial charge on any atom is -0.252 e. The number of hydrogen-bond donors (Lipinski definition) is 0. The lowest BCUT2D eigenvalue weighted by molar-refractivity contribution is 0.559. The highest BCUT2D eigenvalue weighted by molar-refractivity contribution is 5.79. The fourth-order valence-corrected chi connectivity index (χ4v) is 3.45. The number of aryl methyl sites for hydroxylation is 2. The monoisotopic (exact) mass is 392 g/mol. The normalized spacial score (nSPS) is 10.9. The highest BCUT2D eigenvalue weighted by Gasteiger charge is 2.17. The van der Waals surface area contributed by atoms with Crippen LogP contribution in [0.25, 0.3) is 28.6 Å². The van der Waals surface area contributed by atoms with E-state index in [1.54, 1.807) is 19.2 Å². The van der Waals surface area contributed by atoms with Crippen LogP contribution < -0.4 is 0 Å². The summed E-state index contributed by atoms with van der Waals surface area (Å²) < 4.78 is 28.9. The first-order valence-corrected chi connectivity index (χ1v) is 10.1. The molecule has 0 radical (unpaired) electrons. The lowest BCUT2D eigenvalue weighted by Gasteiger charge is -2.13. The molecule has 0 aliphatic carbocycles. The van der Waals surface area contributed by atoms with Crippen molar-refractivity contribution in [2.24, 2.45) is 0 Å². The third-order valence-electron chi connectivity index (χ3n) is 5.14. The van der Waals surface area contributed by atoms with Crippen LogP contribution in [0.5, 0.6) is 0 Å². The molecule has 4 heteroatoms. The van der Waals surface area contributed by atoms with E-state index in [1.807, 2.05) is 25.1 Å². The fraction of sp³-hybridized carbons (Fsp3) is 0.280. The molecule has 0 amide bonds. The molecule has 2 nitrogen and oxygen atoms in total. The molecule has 3 rings (SSSR count). The smallest absolute Gasteiger partial charge is 0.129 e. The quantitative estimate of drug-likeness (QED) is 0.435. The van der Waals surface area contributed by atoms with Crippen molar-refractivity contribution in [3.63, 3.8) is 0 Å². The molecule has 3 aromatic rings. The van der Waals surface area contributed by atoms with E-state index in [1.165, 1.54) is 12.1 Å². The number of rotatable bonds is 7. The second kappa shape index (κ2) is 9.08. The Balaban J connectivity index is 2.19. The lowest BCUT2D eigenvalue weighted by atomic mass is 9.98. The van der Waals surface area contributed by atoms with E-state index >= 15 is 0 Å². The Kier molecular flexibility index (Phi) is 6.53. The number of nitrogens with zero attached hydrogens (tertiary/aromatic N) is 2. The van der Waals surface area contributed by atoms with Gasteiger partial charge in [0.25, 0.3) is 0 Å². The van der Waals surface area contributed by atoms with Gasteiger partial charge < -0.3 is 0 Å². The Morgan fingerprint density at radius 3 is 2.31 bits per heavy atom. The molecule has 1 heterocycles. The first kappa shape index (κ1) is 20.8. The minimum absolute atomic E-state index is 0.0917. The van der Waals surface area contributed by atoms with E-state index in [4.69, 9.17) is 4.98 Å². The molecular weight excluding hydrogens is 366 g/mol. The third-order valence-corrected chi connectivity index (χ3v) is 5.14. The number of hydrogen-bond acceptors (Lipinski definition) is 2. The molecule has 0 N–H and O–H groups in total. The lowest BCUT2D eigenvalue weighted by Crippen LogP contribution is -2.01. The van der Waals surface area contributed by atoms with Gasteiger partial charge in [0, 0.05) is 22.9 Å². The summed E-state index contributed by atoms with van der Waals surface area (Å²) in [5, 5.41) is 0. The van der Waals surface area contributed by atoms with Gasteiger partial charge in [-0.3, -0.25) is 4.98 Å². The van der Waals surface area contributed by atoms with Crippen molar-refractivity contribution in [3.8, 4) is 22.5 Å². The largest absolute Gasteiger partial charge is 0.252 e. The van der Waals surface area contributed by atoms with E-state index in [0.29, 0.717) is 23.4 Å². The van der Waals surface area contributed by atoms with Gasteiger partial charge in [0.2, 0.25) is 0 Å². The molecule has 0 atom stereocenters. The summed E-state index contributed by atoms with van der Waals surface area (Å²) in [5.74, 6) is -1.10. The molecule has 0 unspecified atom stereocenters. The van der Waals surface area contributed by atoms with Crippen molar-refractivity contribution < 1.29 is 8.78 Å². The predicted molar refractivity (Wildman–Crippen MR) is 116 cm³/mol. The predicted octanol–water partition coefficient (Wildman–Crippen LogP) is 6.95. The van der Waals surface area contributed by atoms with Crippen LogP contribution in [-0.4, -0.2) is 9.97 Å². The summed E-state index contributed by atoms with van der Waals surface area (Å²) in [4.78, 5) is 9.39. The van der Waals surface area contributed by atoms with Crippen LogP contribution in [0.15, 0.2) is 43.1 Å². The topological polar surface area (TPSA) is 25.8 Å². The summed E-state index contributed by atoms with van der Waals surface area (Å²) >= 11 is 0. The molecule has 0 bridgehead atoms. The summed E-state index contributed by atoms with van der Waals surface area (Å²) in [6.45, 7) is 9.70. The van der Waals surface area contributed by atoms with Crippen LogP contribution in [0.1, 0.15) is 49.1 Å². The van der Waals surface area contributed by atoms with Crippen LogP contribution in [0, 0.1) is 18.6 Å². The maximum absolute atomic E-state index is 14.4. The molecule has 0 aliphatic heterocycles. The van der Waals surface area contributed by atoms with Crippen LogP contribution in [0.4, 0.5) is 8.78 Å². The van der Waals surface area contributed by atoms with E-state index < -0.39 is 11.6 Å². The Labute approximate surface area is 171 Å². The molecule has 150 valence electrons. The zero-order valence-corrected chi connectivity index (χ0v) is 17.2. The highest BCUT2D eigenvalue weighted by atomic mass is 19.1. The van der Waals surface area contributed by atoms with Gasteiger partial charge in [-0.15, -0.1) is 0 Å². The third kappa shape index (κ3) is 4.42.